The van der Waals surface area contributed by atoms with Gasteiger partial charge >= 0.3 is 12.3 Å². The molecule has 52 heavy (non-hydrogen) atoms. The van der Waals surface area contributed by atoms with Crippen molar-refractivity contribution in [1.82, 2.24) is 20.6 Å². The van der Waals surface area contributed by atoms with Gasteiger partial charge in [0, 0.05) is 23.7 Å². The molecule has 2 heterocycles. The van der Waals surface area contributed by atoms with Crippen molar-refractivity contribution in [3.63, 3.8) is 0 Å². The number of hydroxylamine groups is 1. The number of carbonyl (C=O) groups excluding carboxylic acids is 4. The van der Waals surface area contributed by atoms with Crippen LogP contribution in [-0.2, 0) is 43.2 Å². The van der Waals surface area contributed by atoms with E-state index in [2.05, 4.69) is 16.1 Å². The maximum atomic E-state index is 14.5. The van der Waals surface area contributed by atoms with Crippen molar-refractivity contribution in [2.45, 2.75) is 116 Å². The van der Waals surface area contributed by atoms with Crippen molar-refractivity contribution >= 4 is 41.1 Å². The van der Waals surface area contributed by atoms with Gasteiger partial charge in [-0.2, -0.15) is 13.2 Å². The van der Waals surface area contributed by atoms with Gasteiger partial charge in [0.15, 0.2) is 0 Å². The van der Waals surface area contributed by atoms with Crippen LogP contribution >= 0.6 is 11.6 Å². The minimum atomic E-state index is -4.60. The summed E-state index contributed by atoms with van der Waals surface area (Å²) < 4.78 is 46.6. The van der Waals surface area contributed by atoms with Gasteiger partial charge in [0.05, 0.1) is 24.3 Å². The summed E-state index contributed by atoms with van der Waals surface area (Å²) in [6, 6.07) is 7.67. The van der Waals surface area contributed by atoms with Crippen LogP contribution in [0.15, 0.2) is 42.5 Å². The maximum absolute atomic E-state index is 14.5. The Morgan fingerprint density at radius 1 is 1.02 bits per heavy atom. The highest BCUT2D eigenvalue weighted by molar-refractivity contribution is 6.31. The molecule has 3 N–H and O–H groups in total. The predicted molar refractivity (Wildman–Crippen MR) is 188 cm³/mol. The molecular weight excluding hydrogens is 703 g/mol. The standard InChI is InChI=1S/C37H47ClF3N5O6/c1-8-22-17-36(22,32(49)44-52-35(5,6)7)43-30(47)28-16-25(51-33(50)45-18-21-11-9-14-27(38)26(21)20-45)19-46(28)31(48)29(34(2,3)4)42-24-13-10-12-23(15-24)37(39,40)41/h9-15,22,25,28-29,42H,8,16-20H2,1-7H3,(H,43,47)(H,44,49)/t22-,25-,28+,29-,36-/m1/s1. The largest absolute Gasteiger partial charge is 0.444 e. The quantitative estimate of drug-likeness (QED) is 0.252. The molecule has 4 amide bonds. The molecule has 284 valence electrons. The highest BCUT2D eigenvalue weighted by atomic mass is 35.5. The third-order valence-corrected chi connectivity index (χ3v) is 10.1. The number of benzene rings is 2. The number of alkyl halides is 3. The van der Waals surface area contributed by atoms with Gasteiger partial charge in [-0.3, -0.25) is 24.1 Å². The minimum Gasteiger partial charge on any atom is -0.444 e. The van der Waals surface area contributed by atoms with Crippen LogP contribution in [0.2, 0.25) is 5.02 Å². The SMILES string of the molecule is CC[C@@H]1C[C@]1(NC(=O)[C@@H]1C[C@@H](OC(=O)N2Cc3cccc(Cl)c3C2)CN1C(=O)[C@@H](Nc1cccc(C(F)(F)F)c1)C(C)(C)C)C(=O)NOC(C)(C)C. The lowest BCUT2D eigenvalue weighted by molar-refractivity contribution is -0.151. The van der Waals surface area contributed by atoms with Crippen molar-refractivity contribution in [3.05, 3.63) is 64.2 Å². The van der Waals surface area contributed by atoms with Gasteiger partial charge in [-0.1, -0.05) is 63.9 Å². The zero-order chi connectivity index (χ0) is 38.4. The summed E-state index contributed by atoms with van der Waals surface area (Å²) in [5.41, 5.74) is 0.519. The molecular formula is C37H47ClF3N5O6. The number of carbonyl (C=O) groups is 4. The number of nitrogens with one attached hydrogen (secondary N) is 3. The zero-order valence-electron chi connectivity index (χ0n) is 30.4. The number of likely N-dealkylation sites (tertiary alicyclic amines) is 1. The fraction of sp³-hybridized carbons (Fsp3) is 0.568. The smallest absolute Gasteiger partial charge is 0.416 e. The Bertz CT molecular complexity index is 1710. The molecule has 11 nitrogen and oxygen atoms in total. The Kier molecular flexibility index (Phi) is 10.9. The number of anilines is 1. The molecule has 15 heteroatoms. The van der Waals surface area contributed by atoms with Crippen molar-refractivity contribution < 1.29 is 41.9 Å². The first-order valence-corrected chi connectivity index (χ1v) is 17.8. The molecule has 5 atom stereocenters. The zero-order valence-corrected chi connectivity index (χ0v) is 31.2. The average Bonchev–Trinajstić information content (AvgIpc) is 3.35. The second kappa shape index (κ2) is 14.4. The van der Waals surface area contributed by atoms with Crippen molar-refractivity contribution in [2.75, 3.05) is 11.9 Å². The van der Waals surface area contributed by atoms with Gasteiger partial charge in [0.2, 0.25) is 11.8 Å². The Labute approximate surface area is 306 Å². The van der Waals surface area contributed by atoms with Gasteiger partial charge in [-0.15, -0.1) is 0 Å². The highest BCUT2D eigenvalue weighted by Gasteiger charge is 2.61. The van der Waals surface area contributed by atoms with E-state index in [-0.39, 0.29) is 37.7 Å². The normalized spacial score (nSPS) is 23.5. The average molecular weight is 750 g/mol. The second-order valence-electron chi connectivity index (χ2n) is 15.9. The van der Waals surface area contributed by atoms with E-state index in [0.717, 1.165) is 23.3 Å². The summed E-state index contributed by atoms with van der Waals surface area (Å²) in [5.74, 6) is -1.91. The molecule has 2 aromatic carbocycles. The number of hydrogen-bond acceptors (Lipinski definition) is 7. The number of nitrogens with zero attached hydrogens (tertiary/aromatic N) is 2. The maximum Gasteiger partial charge on any atom is 0.416 e. The first kappa shape index (κ1) is 39.2. The van der Waals surface area contributed by atoms with Crippen molar-refractivity contribution in [2.24, 2.45) is 11.3 Å². The Morgan fingerprint density at radius 3 is 2.31 bits per heavy atom. The molecule has 3 aliphatic rings. The second-order valence-corrected chi connectivity index (χ2v) is 16.3. The third kappa shape index (κ3) is 8.60. The molecule has 1 saturated heterocycles. The van der Waals surface area contributed by atoms with Crippen LogP contribution in [0.3, 0.4) is 0 Å². The van der Waals surface area contributed by atoms with E-state index in [0.29, 0.717) is 17.9 Å². The van der Waals surface area contributed by atoms with Gasteiger partial charge < -0.3 is 20.3 Å². The third-order valence-electron chi connectivity index (χ3n) is 9.71. The van der Waals surface area contributed by atoms with E-state index >= 15 is 0 Å². The van der Waals surface area contributed by atoms with E-state index in [9.17, 15) is 32.3 Å². The number of amides is 4. The molecule has 1 saturated carbocycles. The summed E-state index contributed by atoms with van der Waals surface area (Å²) >= 11 is 6.35. The monoisotopic (exact) mass is 749 g/mol. The summed E-state index contributed by atoms with van der Waals surface area (Å²) in [6.07, 6.45) is -5.29. The van der Waals surface area contributed by atoms with Crippen LogP contribution in [-0.4, -0.2) is 69.5 Å². The lowest BCUT2D eigenvalue weighted by Gasteiger charge is -2.36. The van der Waals surface area contributed by atoms with Crippen LogP contribution in [0, 0.1) is 11.3 Å². The summed E-state index contributed by atoms with van der Waals surface area (Å²) in [5, 5.41) is 6.40. The molecule has 5 rings (SSSR count). The van der Waals surface area contributed by atoms with Crippen LogP contribution in [0.1, 0.15) is 84.4 Å². The Hall–Kier alpha value is -4.04. The van der Waals surface area contributed by atoms with Crippen molar-refractivity contribution in [3.8, 4) is 0 Å². The van der Waals surface area contributed by atoms with Crippen LogP contribution in [0.5, 0.6) is 0 Å². The van der Waals surface area contributed by atoms with Crippen molar-refractivity contribution in [1.29, 1.82) is 0 Å². The lowest BCUT2D eigenvalue weighted by atomic mass is 9.85. The fourth-order valence-corrected chi connectivity index (χ4v) is 7.03. The van der Waals surface area contributed by atoms with Gasteiger partial charge in [0.1, 0.15) is 23.7 Å². The first-order chi connectivity index (χ1) is 24.1. The summed E-state index contributed by atoms with van der Waals surface area (Å²) in [4.78, 5) is 63.8. The van der Waals surface area contributed by atoms with Gasteiger partial charge in [-0.25, -0.2) is 10.3 Å². The molecule has 0 spiro atoms. The molecule has 0 bridgehead atoms. The molecule has 0 unspecified atom stereocenters. The number of ether oxygens (including phenoxy) is 1. The number of rotatable bonds is 9. The molecule has 2 aromatic rings. The van der Waals surface area contributed by atoms with E-state index in [1.807, 2.05) is 13.0 Å². The molecule has 0 aromatic heterocycles. The molecule has 0 radical (unpaired) electrons. The van der Waals surface area contributed by atoms with E-state index in [4.69, 9.17) is 21.2 Å². The van der Waals surface area contributed by atoms with Crippen LogP contribution in [0.25, 0.3) is 0 Å². The lowest BCUT2D eigenvalue weighted by Crippen LogP contribution is -2.58. The van der Waals surface area contributed by atoms with Gasteiger partial charge in [0.25, 0.3) is 5.91 Å². The first-order valence-electron chi connectivity index (χ1n) is 17.4. The fourth-order valence-electron chi connectivity index (χ4n) is 6.77. The number of hydrogen-bond donors (Lipinski definition) is 3. The van der Waals surface area contributed by atoms with E-state index in [1.165, 1.54) is 21.9 Å². The number of halogens is 4. The van der Waals surface area contributed by atoms with E-state index in [1.54, 1.807) is 53.7 Å². The van der Waals surface area contributed by atoms with Crippen LogP contribution < -0.4 is 16.1 Å². The minimum absolute atomic E-state index is 0.0665. The predicted octanol–water partition coefficient (Wildman–Crippen LogP) is 6.44. The number of fused-ring (bicyclic) bond motifs is 1. The Balaban J connectivity index is 1.40. The summed E-state index contributed by atoms with van der Waals surface area (Å²) in [7, 11) is 0. The molecule has 1 aliphatic carbocycles. The molecule has 2 fully saturated rings. The molecule has 2 aliphatic heterocycles. The van der Waals surface area contributed by atoms with Crippen LogP contribution in [0.4, 0.5) is 23.7 Å². The topological polar surface area (TPSA) is 129 Å². The highest BCUT2D eigenvalue weighted by Crippen LogP contribution is 2.46. The summed E-state index contributed by atoms with van der Waals surface area (Å²) in [6.45, 7) is 12.8. The van der Waals surface area contributed by atoms with Gasteiger partial charge in [-0.05, 0) is 73.9 Å². The van der Waals surface area contributed by atoms with E-state index < -0.39 is 70.3 Å². The Morgan fingerprint density at radius 2 is 1.71 bits per heavy atom.